The lowest BCUT2D eigenvalue weighted by Crippen LogP contribution is -2.35. The van der Waals surface area contributed by atoms with Crippen molar-refractivity contribution in [1.82, 2.24) is 4.90 Å². The highest BCUT2D eigenvalue weighted by molar-refractivity contribution is 7.98. The maximum Gasteiger partial charge on any atom is 0.109 e. The van der Waals surface area contributed by atoms with Crippen molar-refractivity contribution in [2.45, 2.75) is 42.6 Å². The molecule has 3 heteroatoms. The van der Waals surface area contributed by atoms with E-state index in [9.17, 15) is 0 Å². The van der Waals surface area contributed by atoms with Crippen LogP contribution in [-0.4, -0.2) is 31.1 Å². The van der Waals surface area contributed by atoms with Crippen LogP contribution in [0, 0.1) is 6.92 Å². The molecule has 0 bridgehead atoms. The zero-order valence-electron chi connectivity index (χ0n) is 14.5. The van der Waals surface area contributed by atoms with Gasteiger partial charge in [0.25, 0.3) is 0 Å². The summed E-state index contributed by atoms with van der Waals surface area (Å²) in [4.78, 5) is 3.77. The number of hydrogen-bond donors (Lipinski definition) is 0. The number of piperidine rings is 1. The molecule has 24 heavy (non-hydrogen) atoms. The van der Waals surface area contributed by atoms with E-state index >= 15 is 0 Å². The number of nitrogens with zero attached hydrogens (tertiary/aromatic N) is 1. The maximum absolute atomic E-state index is 6.73. The van der Waals surface area contributed by atoms with E-state index in [1.54, 1.807) is 0 Å². The molecule has 126 valence electrons. The van der Waals surface area contributed by atoms with E-state index in [4.69, 9.17) is 4.74 Å². The highest BCUT2D eigenvalue weighted by atomic mass is 32.2. The predicted octanol–water partition coefficient (Wildman–Crippen LogP) is 4.80. The number of aryl methyl sites for hydroxylation is 1. The summed E-state index contributed by atoms with van der Waals surface area (Å²) in [7, 11) is 2.20. The van der Waals surface area contributed by atoms with Crippen LogP contribution in [0.3, 0.4) is 0 Å². The lowest BCUT2D eigenvalue weighted by atomic mass is 9.95. The first-order chi connectivity index (χ1) is 11.7. The van der Waals surface area contributed by atoms with Crippen molar-refractivity contribution in [1.29, 1.82) is 0 Å². The van der Waals surface area contributed by atoms with Gasteiger partial charge in [0.1, 0.15) is 6.10 Å². The largest absolute Gasteiger partial charge is 0.365 e. The zero-order valence-corrected chi connectivity index (χ0v) is 15.3. The van der Waals surface area contributed by atoms with Gasteiger partial charge in [-0.3, -0.25) is 0 Å². The summed E-state index contributed by atoms with van der Waals surface area (Å²) < 4.78 is 6.73. The SMILES string of the molecule is Cc1ccc2c(c1)[C@H](OC1CCN(C)CC1)c1ccccc1CS2. The predicted molar refractivity (Wildman–Crippen MR) is 101 cm³/mol. The van der Waals surface area contributed by atoms with Crippen LogP contribution in [0.1, 0.15) is 41.2 Å². The van der Waals surface area contributed by atoms with E-state index in [0.29, 0.717) is 6.10 Å². The van der Waals surface area contributed by atoms with E-state index in [0.717, 1.165) is 31.7 Å². The molecule has 0 radical (unpaired) electrons. The van der Waals surface area contributed by atoms with Gasteiger partial charge >= 0.3 is 0 Å². The van der Waals surface area contributed by atoms with Gasteiger partial charge in [-0.05, 0) is 49.6 Å². The van der Waals surface area contributed by atoms with Crippen LogP contribution in [0.4, 0.5) is 0 Å². The molecule has 2 heterocycles. The Hall–Kier alpha value is -1.29. The maximum atomic E-state index is 6.73. The molecule has 0 spiro atoms. The fourth-order valence-electron chi connectivity index (χ4n) is 3.71. The van der Waals surface area contributed by atoms with Crippen LogP contribution in [-0.2, 0) is 10.5 Å². The number of likely N-dealkylation sites (tertiary alicyclic amines) is 1. The summed E-state index contributed by atoms with van der Waals surface area (Å²) in [5.74, 6) is 1.03. The van der Waals surface area contributed by atoms with Gasteiger partial charge in [-0.15, -0.1) is 11.8 Å². The first kappa shape index (κ1) is 16.2. The van der Waals surface area contributed by atoms with Crippen molar-refractivity contribution >= 4 is 11.8 Å². The number of ether oxygens (including phenoxy) is 1. The standard InChI is InChI=1S/C21H25NOS/c1-15-7-8-20-19(13-15)21(23-17-9-11-22(2)12-10-17)18-6-4-3-5-16(18)14-24-20/h3-8,13,17,21H,9-12,14H2,1-2H3/t21-/m1/s1. The molecule has 0 aliphatic carbocycles. The number of rotatable bonds is 2. The topological polar surface area (TPSA) is 12.5 Å². The summed E-state index contributed by atoms with van der Waals surface area (Å²) in [5.41, 5.74) is 5.43. The molecule has 2 aliphatic heterocycles. The summed E-state index contributed by atoms with van der Waals surface area (Å²) in [6.07, 6.45) is 2.68. The molecule has 1 fully saturated rings. The highest BCUT2D eigenvalue weighted by Crippen LogP contribution is 2.42. The van der Waals surface area contributed by atoms with Crippen LogP contribution in [0.25, 0.3) is 0 Å². The van der Waals surface area contributed by atoms with Gasteiger partial charge in [0.15, 0.2) is 0 Å². The third-order valence-electron chi connectivity index (χ3n) is 5.16. The van der Waals surface area contributed by atoms with E-state index in [1.807, 2.05) is 11.8 Å². The van der Waals surface area contributed by atoms with Crippen LogP contribution in [0.2, 0.25) is 0 Å². The molecular formula is C21H25NOS. The monoisotopic (exact) mass is 339 g/mol. The molecule has 2 aliphatic rings. The molecule has 2 aromatic carbocycles. The smallest absolute Gasteiger partial charge is 0.109 e. The van der Waals surface area contributed by atoms with Gasteiger partial charge in [0.2, 0.25) is 0 Å². The number of benzene rings is 2. The summed E-state index contributed by atoms with van der Waals surface area (Å²) in [6, 6.07) is 15.6. The van der Waals surface area contributed by atoms with E-state index in [-0.39, 0.29) is 6.10 Å². The first-order valence-corrected chi connectivity index (χ1v) is 9.84. The van der Waals surface area contributed by atoms with Gasteiger partial charge in [-0.1, -0.05) is 42.0 Å². The number of hydrogen-bond acceptors (Lipinski definition) is 3. The van der Waals surface area contributed by atoms with Crippen LogP contribution in [0.15, 0.2) is 47.4 Å². The van der Waals surface area contributed by atoms with Gasteiger partial charge < -0.3 is 9.64 Å². The Bertz CT molecular complexity index is 722. The van der Waals surface area contributed by atoms with E-state index in [1.165, 1.54) is 27.1 Å². The minimum Gasteiger partial charge on any atom is -0.365 e. The molecule has 2 aromatic rings. The average molecular weight is 340 g/mol. The second-order valence-corrected chi connectivity index (χ2v) is 8.06. The van der Waals surface area contributed by atoms with Gasteiger partial charge in [0, 0.05) is 23.7 Å². The van der Waals surface area contributed by atoms with Gasteiger partial charge in [-0.25, -0.2) is 0 Å². The molecule has 2 nitrogen and oxygen atoms in total. The Morgan fingerprint density at radius 3 is 2.67 bits per heavy atom. The Morgan fingerprint density at radius 2 is 1.83 bits per heavy atom. The Balaban J connectivity index is 1.71. The zero-order chi connectivity index (χ0) is 16.5. The molecular weight excluding hydrogens is 314 g/mol. The minimum absolute atomic E-state index is 0.0690. The Kier molecular flexibility index (Phi) is 4.66. The van der Waals surface area contributed by atoms with E-state index in [2.05, 4.69) is 61.3 Å². The quantitative estimate of drug-likeness (QED) is 0.780. The fourth-order valence-corrected chi connectivity index (χ4v) is 4.78. The summed E-state index contributed by atoms with van der Waals surface area (Å²) in [5, 5.41) is 0. The molecule has 0 aromatic heterocycles. The van der Waals surface area contributed by atoms with Crippen molar-refractivity contribution in [3.8, 4) is 0 Å². The number of thioether (sulfide) groups is 1. The molecule has 0 amide bonds. The second kappa shape index (κ2) is 6.91. The van der Waals surface area contributed by atoms with Crippen molar-refractivity contribution in [2.24, 2.45) is 0 Å². The fraction of sp³-hybridized carbons (Fsp3) is 0.429. The average Bonchev–Trinajstić information content (AvgIpc) is 2.74. The lowest BCUT2D eigenvalue weighted by Gasteiger charge is -2.32. The molecule has 0 N–H and O–H groups in total. The Labute approximate surface area is 149 Å². The Morgan fingerprint density at radius 1 is 1.04 bits per heavy atom. The van der Waals surface area contributed by atoms with Crippen molar-refractivity contribution < 1.29 is 4.74 Å². The third-order valence-corrected chi connectivity index (χ3v) is 6.30. The van der Waals surface area contributed by atoms with Crippen LogP contribution < -0.4 is 0 Å². The molecule has 0 unspecified atom stereocenters. The van der Waals surface area contributed by atoms with Crippen molar-refractivity contribution in [2.75, 3.05) is 20.1 Å². The molecule has 4 rings (SSSR count). The first-order valence-electron chi connectivity index (χ1n) is 8.86. The lowest BCUT2D eigenvalue weighted by molar-refractivity contribution is -0.0245. The van der Waals surface area contributed by atoms with Crippen molar-refractivity contribution in [3.63, 3.8) is 0 Å². The van der Waals surface area contributed by atoms with Crippen LogP contribution >= 0.6 is 11.8 Å². The second-order valence-electron chi connectivity index (χ2n) is 7.05. The summed E-state index contributed by atoms with van der Waals surface area (Å²) >= 11 is 1.94. The molecule has 0 saturated carbocycles. The third kappa shape index (κ3) is 3.26. The van der Waals surface area contributed by atoms with Gasteiger partial charge in [0.05, 0.1) is 6.10 Å². The van der Waals surface area contributed by atoms with E-state index < -0.39 is 0 Å². The number of fused-ring (bicyclic) bond motifs is 2. The van der Waals surface area contributed by atoms with Crippen LogP contribution in [0.5, 0.6) is 0 Å². The molecule has 1 saturated heterocycles. The van der Waals surface area contributed by atoms with Crippen molar-refractivity contribution in [3.05, 3.63) is 64.7 Å². The summed E-state index contributed by atoms with van der Waals surface area (Å²) in [6.45, 7) is 4.44. The normalized spacial score (nSPS) is 21.8. The van der Waals surface area contributed by atoms with Gasteiger partial charge in [-0.2, -0.15) is 0 Å². The molecule has 1 atom stereocenters. The highest BCUT2D eigenvalue weighted by Gasteiger charge is 2.28. The minimum atomic E-state index is 0.0690.